The quantitative estimate of drug-likeness (QED) is 0.449. The molecule has 0 spiro atoms. The molecule has 0 atom stereocenters. The molecule has 1 amide bonds. The van der Waals surface area contributed by atoms with Crippen LogP contribution in [0.5, 0.6) is 5.75 Å². The molecule has 0 saturated carbocycles. The highest BCUT2D eigenvalue weighted by Gasteiger charge is 2.10. The Kier molecular flexibility index (Phi) is 8.11. The molecule has 0 fully saturated rings. The van der Waals surface area contributed by atoms with Gasteiger partial charge in [-0.3, -0.25) is 4.79 Å². The third-order valence-electron chi connectivity index (χ3n) is 4.68. The van der Waals surface area contributed by atoms with E-state index in [0.717, 1.165) is 22.3 Å². The minimum atomic E-state index is -0.879. The first-order valence-corrected chi connectivity index (χ1v) is 10.5. The van der Waals surface area contributed by atoms with Gasteiger partial charge >= 0.3 is 12.1 Å². The molecule has 0 aliphatic rings. The number of hydrogen-bond acceptors (Lipinski definition) is 4. The third-order valence-corrected chi connectivity index (χ3v) is 4.93. The van der Waals surface area contributed by atoms with Crippen LogP contribution < -0.4 is 10.1 Å². The molecular weight excluding hydrogens is 430 g/mol. The molecule has 7 heteroatoms. The molecule has 0 bridgehead atoms. The first-order chi connectivity index (χ1) is 15.4. The number of alkyl carbamates (subject to hydrolysis) is 1. The Balaban J connectivity index is 1.69. The van der Waals surface area contributed by atoms with Gasteiger partial charge in [0.05, 0.1) is 13.0 Å². The van der Waals surface area contributed by atoms with Gasteiger partial charge in [-0.15, -0.1) is 0 Å². The highest BCUT2D eigenvalue weighted by Crippen LogP contribution is 2.28. The summed E-state index contributed by atoms with van der Waals surface area (Å²) in [6.07, 6.45) is -0.588. The number of benzene rings is 3. The lowest BCUT2D eigenvalue weighted by Gasteiger charge is -2.14. The monoisotopic (exact) mass is 453 g/mol. The molecule has 0 saturated heterocycles. The highest BCUT2D eigenvalue weighted by molar-refractivity contribution is 6.30. The van der Waals surface area contributed by atoms with Crippen molar-refractivity contribution in [1.82, 2.24) is 5.32 Å². The molecule has 0 unspecified atom stereocenters. The largest absolute Gasteiger partial charge is 0.494 e. The van der Waals surface area contributed by atoms with Crippen LogP contribution >= 0.6 is 11.6 Å². The second-order valence-corrected chi connectivity index (χ2v) is 7.52. The van der Waals surface area contributed by atoms with Gasteiger partial charge in [0.25, 0.3) is 0 Å². The van der Waals surface area contributed by atoms with Crippen molar-refractivity contribution in [2.24, 2.45) is 0 Å². The molecular formula is C25H24ClNO5. The van der Waals surface area contributed by atoms with Crippen LogP contribution in [-0.4, -0.2) is 23.8 Å². The molecule has 32 heavy (non-hydrogen) atoms. The summed E-state index contributed by atoms with van der Waals surface area (Å²) in [6, 6.07) is 20.1. The lowest BCUT2D eigenvalue weighted by molar-refractivity contribution is -0.136. The van der Waals surface area contributed by atoms with Gasteiger partial charge in [0.15, 0.2) is 0 Å². The Labute approximate surface area is 191 Å². The summed E-state index contributed by atoms with van der Waals surface area (Å²) in [6.45, 7) is 2.73. The second-order valence-electron chi connectivity index (χ2n) is 7.08. The van der Waals surface area contributed by atoms with E-state index in [1.54, 1.807) is 30.3 Å². The number of aliphatic carboxylic acids is 1. The number of hydrogen-bond donors (Lipinski definition) is 2. The topological polar surface area (TPSA) is 84.9 Å². The zero-order valence-corrected chi connectivity index (χ0v) is 18.4. The first kappa shape index (κ1) is 23.2. The lowest BCUT2D eigenvalue weighted by Crippen LogP contribution is -2.24. The summed E-state index contributed by atoms with van der Waals surface area (Å²) in [5.74, 6) is -0.216. The Morgan fingerprint density at radius 2 is 1.72 bits per heavy atom. The van der Waals surface area contributed by atoms with Gasteiger partial charge in [0.1, 0.15) is 12.4 Å². The number of amides is 1. The average Bonchev–Trinajstić information content (AvgIpc) is 2.78. The van der Waals surface area contributed by atoms with Gasteiger partial charge in [0.2, 0.25) is 0 Å². The molecule has 3 aromatic carbocycles. The smallest absolute Gasteiger partial charge is 0.407 e. The minimum absolute atomic E-state index is 0.0429. The van der Waals surface area contributed by atoms with Crippen LogP contribution in [0.4, 0.5) is 4.79 Å². The van der Waals surface area contributed by atoms with E-state index >= 15 is 0 Å². The molecule has 6 nitrogen and oxygen atoms in total. The number of carbonyl (C=O) groups excluding carboxylic acids is 1. The van der Waals surface area contributed by atoms with Gasteiger partial charge in [-0.2, -0.15) is 0 Å². The summed E-state index contributed by atoms with van der Waals surface area (Å²) in [4.78, 5) is 23.2. The van der Waals surface area contributed by atoms with E-state index in [4.69, 9.17) is 26.2 Å². The highest BCUT2D eigenvalue weighted by atomic mass is 35.5. The molecule has 166 valence electrons. The van der Waals surface area contributed by atoms with Crippen LogP contribution in [0.2, 0.25) is 5.02 Å². The van der Waals surface area contributed by atoms with Crippen molar-refractivity contribution < 1.29 is 24.2 Å². The van der Waals surface area contributed by atoms with Gasteiger partial charge in [-0.1, -0.05) is 54.1 Å². The number of carboxylic acid groups (broad SMARTS) is 1. The van der Waals surface area contributed by atoms with Crippen LogP contribution in [-0.2, 0) is 29.1 Å². The molecule has 0 aliphatic heterocycles. The van der Waals surface area contributed by atoms with E-state index < -0.39 is 12.1 Å². The van der Waals surface area contributed by atoms with Crippen molar-refractivity contribution in [1.29, 1.82) is 0 Å². The zero-order valence-electron chi connectivity index (χ0n) is 17.6. The van der Waals surface area contributed by atoms with E-state index in [0.29, 0.717) is 22.9 Å². The standard InChI is InChI=1S/C25H24ClNO5/c1-2-31-23-11-8-20(19-5-3-4-18(12-19)13-24(28)29)14-21(23)15-27-25(30)32-16-17-6-9-22(26)10-7-17/h3-12,14H,2,13,15-16H2,1H3,(H,27,30)(H,28,29). The SMILES string of the molecule is CCOc1ccc(-c2cccc(CC(=O)O)c2)cc1CNC(=O)OCc1ccc(Cl)cc1. The van der Waals surface area contributed by atoms with E-state index in [-0.39, 0.29) is 19.6 Å². The van der Waals surface area contributed by atoms with E-state index in [2.05, 4.69) is 5.32 Å². The zero-order chi connectivity index (χ0) is 22.9. The third kappa shape index (κ3) is 6.75. The van der Waals surface area contributed by atoms with Crippen LogP contribution in [0.15, 0.2) is 66.7 Å². The Morgan fingerprint density at radius 1 is 0.969 bits per heavy atom. The van der Waals surface area contributed by atoms with Crippen molar-refractivity contribution in [2.45, 2.75) is 26.5 Å². The van der Waals surface area contributed by atoms with E-state index in [1.807, 2.05) is 43.3 Å². The van der Waals surface area contributed by atoms with Crippen molar-refractivity contribution in [3.63, 3.8) is 0 Å². The number of rotatable bonds is 9. The summed E-state index contributed by atoms with van der Waals surface area (Å²) >= 11 is 5.86. The van der Waals surface area contributed by atoms with Gasteiger partial charge in [-0.25, -0.2) is 4.79 Å². The summed E-state index contributed by atoms with van der Waals surface area (Å²) in [5, 5.41) is 12.4. The fraction of sp³-hybridized carbons (Fsp3) is 0.200. The van der Waals surface area contributed by atoms with Gasteiger partial charge < -0.3 is 19.9 Å². The number of carbonyl (C=O) groups is 2. The Bertz CT molecular complexity index is 1080. The molecule has 2 N–H and O–H groups in total. The van der Waals surface area contributed by atoms with Crippen LogP contribution in [0.1, 0.15) is 23.6 Å². The summed E-state index contributed by atoms with van der Waals surface area (Å²) < 4.78 is 11.0. The van der Waals surface area contributed by atoms with E-state index in [1.165, 1.54) is 0 Å². The molecule has 0 aliphatic carbocycles. The van der Waals surface area contributed by atoms with Crippen molar-refractivity contribution >= 4 is 23.7 Å². The fourth-order valence-corrected chi connectivity index (χ4v) is 3.30. The molecule has 3 rings (SSSR count). The van der Waals surface area contributed by atoms with Crippen molar-refractivity contribution in [3.8, 4) is 16.9 Å². The van der Waals surface area contributed by atoms with Gasteiger partial charge in [0, 0.05) is 17.1 Å². The number of ether oxygens (including phenoxy) is 2. The normalized spacial score (nSPS) is 10.4. The second kappa shape index (κ2) is 11.2. The number of halogens is 1. The summed E-state index contributed by atoms with van der Waals surface area (Å²) in [7, 11) is 0. The van der Waals surface area contributed by atoms with Crippen molar-refractivity contribution in [3.05, 3.63) is 88.4 Å². The number of nitrogens with one attached hydrogen (secondary N) is 1. The minimum Gasteiger partial charge on any atom is -0.494 e. The van der Waals surface area contributed by atoms with E-state index in [9.17, 15) is 9.59 Å². The van der Waals surface area contributed by atoms with Crippen molar-refractivity contribution in [2.75, 3.05) is 6.61 Å². The molecule has 3 aromatic rings. The fourth-order valence-electron chi connectivity index (χ4n) is 3.18. The number of carboxylic acids is 1. The predicted molar refractivity (Wildman–Crippen MR) is 123 cm³/mol. The first-order valence-electron chi connectivity index (χ1n) is 10.2. The maximum absolute atomic E-state index is 12.2. The molecule has 0 heterocycles. The lowest BCUT2D eigenvalue weighted by atomic mass is 9.99. The Hall–Kier alpha value is -3.51. The molecule has 0 aromatic heterocycles. The Morgan fingerprint density at radius 3 is 2.44 bits per heavy atom. The van der Waals surface area contributed by atoms with Crippen LogP contribution in [0.25, 0.3) is 11.1 Å². The maximum atomic E-state index is 12.2. The molecule has 0 radical (unpaired) electrons. The average molecular weight is 454 g/mol. The summed E-state index contributed by atoms with van der Waals surface area (Å²) in [5.41, 5.74) is 4.12. The van der Waals surface area contributed by atoms with Gasteiger partial charge in [-0.05, 0) is 53.4 Å². The van der Waals surface area contributed by atoms with Crippen LogP contribution in [0, 0.1) is 0 Å². The maximum Gasteiger partial charge on any atom is 0.407 e. The predicted octanol–water partition coefficient (Wildman–Crippen LogP) is 5.46. The van der Waals surface area contributed by atoms with Crippen LogP contribution in [0.3, 0.4) is 0 Å².